The molecule has 0 fully saturated rings. The van der Waals surface area contributed by atoms with Gasteiger partial charge < -0.3 is 4.74 Å². The first kappa shape index (κ1) is 22.7. The van der Waals surface area contributed by atoms with Gasteiger partial charge in [0.1, 0.15) is 0 Å². The lowest BCUT2D eigenvalue weighted by atomic mass is 9.96. The van der Waals surface area contributed by atoms with Crippen molar-refractivity contribution in [3.63, 3.8) is 0 Å². The van der Waals surface area contributed by atoms with Gasteiger partial charge in [0.25, 0.3) is 5.56 Å². The Labute approximate surface area is 206 Å². The summed E-state index contributed by atoms with van der Waals surface area (Å²) < 4.78 is 9.06. The van der Waals surface area contributed by atoms with Crippen LogP contribution in [0.2, 0.25) is 0 Å². The number of hydrogen-bond acceptors (Lipinski definition) is 6. The number of benzene rings is 2. The summed E-state index contributed by atoms with van der Waals surface area (Å²) in [6.07, 6.45) is 1.88. The Hall–Kier alpha value is -4.04. The number of carbonyl (C=O) groups is 1. The molecule has 0 amide bonds. The maximum Gasteiger partial charge on any atom is 0.338 e. The summed E-state index contributed by atoms with van der Waals surface area (Å²) in [6, 6.07) is 18.8. The molecule has 0 bridgehead atoms. The highest BCUT2D eigenvalue weighted by Gasteiger charge is 2.33. The van der Waals surface area contributed by atoms with Gasteiger partial charge in [-0.2, -0.15) is 5.10 Å². The van der Waals surface area contributed by atoms with Gasteiger partial charge in [-0.1, -0.05) is 59.9 Å². The van der Waals surface area contributed by atoms with E-state index < -0.39 is 12.0 Å². The van der Waals surface area contributed by atoms with Gasteiger partial charge in [-0.25, -0.2) is 14.5 Å². The summed E-state index contributed by atoms with van der Waals surface area (Å²) in [5.74, 6) is -0.495. The van der Waals surface area contributed by atoms with E-state index >= 15 is 0 Å². The Kier molecular flexibility index (Phi) is 5.82. The molecule has 0 N–H and O–H groups in total. The van der Waals surface area contributed by atoms with Crippen molar-refractivity contribution in [2.45, 2.75) is 26.8 Å². The number of ether oxygens (including phenoxy) is 1. The van der Waals surface area contributed by atoms with E-state index in [0.717, 1.165) is 28.2 Å². The van der Waals surface area contributed by atoms with Crippen molar-refractivity contribution < 1.29 is 9.53 Å². The zero-order chi connectivity index (χ0) is 24.7. The molecule has 2 aromatic carbocycles. The molecule has 0 radical (unpaired) electrons. The number of hydrogen-bond donors (Lipinski definition) is 0. The van der Waals surface area contributed by atoms with Crippen LogP contribution in [0.5, 0.6) is 0 Å². The van der Waals surface area contributed by atoms with Crippen molar-refractivity contribution in [3.05, 3.63) is 114 Å². The topological polar surface area (TPSA) is 78.5 Å². The molecule has 0 aliphatic carbocycles. The Morgan fingerprint density at radius 1 is 1.03 bits per heavy atom. The van der Waals surface area contributed by atoms with Crippen LogP contribution >= 0.6 is 11.3 Å². The number of esters is 1. The minimum Gasteiger partial charge on any atom is -0.466 e. The van der Waals surface area contributed by atoms with Gasteiger partial charge in [0.2, 0.25) is 0 Å². The lowest BCUT2D eigenvalue weighted by molar-refractivity contribution is -0.136. The van der Waals surface area contributed by atoms with Crippen LogP contribution in [0.4, 0.5) is 0 Å². The minimum absolute atomic E-state index is 0.206. The predicted octanol–water partition coefficient (Wildman–Crippen LogP) is 3.21. The van der Waals surface area contributed by atoms with E-state index in [-0.39, 0.29) is 5.56 Å². The first-order valence-corrected chi connectivity index (χ1v) is 12.0. The molecule has 4 aromatic rings. The normalized spacial score (nSPS) is 15.7. The number of para-hydroxylation sites is 1. The van der Waals surface area contributed by atoms with E-state index in [1.807, 2.05) is 85.3 Å². The molecule has 0 saturated carbocycles. The summed E-state index contributed by atoms with van der Waals surface area (Å²) in [7, 11) is 1.34. The van der Waals surface area contributed by atoms with Crippen molar-refractivity contribution in [3.8, 4) is 5.69 Å². The van der Waals surface area contributed by atoms with Crippen LogP contribution in [0.3, 0.4) is 0 Å². The zero-order valence-electron chi connectivity index (χ0n) is 19.9. The summed E-state index contributed by atoms with van der Waals surface area (Å²) in [6.45, 7) is 5.70. The van der Waals surface area contributed by atoms with Crippen molar-refractivity contribution in [2.75, 3.05) is 7.11 Å². The Morgan fingerprint density at radius 3 is 2.34 bits per heavy atom. The highest BCUT2D eigenvalue weighted by atomic mass is 32.1. The molecule has 3 heterocycles. The lowest BCUT2D eigenvalue weighted by Crippen LogP contribution is -2.39. The molecule has 35 heavy (non-hydrogen) atoms. The van der Waals surface area contributed by atoms with Crippen LogP contribution in [0.15, 0.2) is 81.7 Å². The van der Waals surface area contributed by atoms with Crippen LogP contribution < -0.4 is 14.9 Å². The van der Waals surface area contributed by atoms with E-state index in [1.54, 1.807) is 11.5 Å². The van der Waals surface area contributed by atoms with Crippen LogP contribution in [0.25, 0.3) is 11.8 Å². The third-order valence-electron chi connectivity index (χ3n) is 6.17. The summed E-state index contributed by atoms with van der Waals surface area (Å²) in [5, 5.41) is 4.70. The zero-order valence-corrected chi connectivity index (χ0v) is 20.7. The van der Waals surface area contributed by atoms with E-state index in [0.29, 0.717) is 20.6 Å². The number of aromatic nitrogens is 3. The highest BCUT2D eigenvalue weighted by molar-refractivity contribution is 7.07. The SMILES string of the molecule is COC(=O)C1=C(C)N=c2s/c(=C/c3c(C)nn(-c4ccccc4)c3C)c(=O)n2[C@@H]1c1ccccc1. The highest BCUT2D eigenvalue weighted by Crippen LogP contribution is 2.30. The summed E-state index contributed by atoms with van der Waals surface area (Å²) in [5.41, 5.74) is 5.12. The molecule has 0 unspecified atom stereocenters. The third-order valence-corrected chi connectivity index (χ3v) is 7.15. The first-order chi connectivity index (χ1) is 16.9. The van der Waals surface area contributed by atoms with E-state index in [2.05, 4.69) is 4.99 Å². The Balaban J connectivity index is 1.72. The second kappa shape index (κ2) is 8.96. The average molecular weight is 485 g/mol. The number of aryl methyl sites for hydroxylation is 1. The second-order valence-electron chi connectivity index (χ2n) is 8.32. The third kappa shape index (κ3) is 3.85. The largest absolute Gasteiger partial charge is 0.466 e. The molecule has 0 spiro atoms. The quantitative estimate of drug-likeness (QED) is 0.417. The number of methoxy groups -OCH3 is 1. The van der Waals surface area contributed by atoms with Crippen molar-refractivity contribution in [1.82, 2.24) is 14.3 Å². The monoisotopic (exact) mass is 484 g/mol. The molecule has 1 atom stereocenters. The number of rotatable bonds is 4. The van der Waals surface area contributed by atoms with Gasteiger partial charge >= 0.3 is 5.97 Å². The van der Waals surface area contributed by atoms with E-state index in [1.165, 1.54) is 18.4 Å². The molecule has 7 nitrogen and oxygen atoms in total. The van der Waals surface area contributed by atoms with Crippen molar-refractivity contribution >= 4 is 23.4 Å². The molecule has 176 valence electrons. The average Bonchev–Trinajstić information content (AvgIpc) is 3.34. The van der Waals surface area contributed by atoms with Gasteiger partial charge in [-0.05, 0) is 44.5 Å². The van der Waals surface area contributed by atoms with Crippen molar-refractivity contribution in [2.24, 2.45) is 4.99 Å². The van der Waals surface area contributed by atoms with Gasteiger partial charge in [0.05, 0.1) is 40.3 Å². The molecule has 2 aromatic heterocycles. The van der Waals surface area contributed by atoms with E-state index in [4.69, 9.17) is 9.84 Å². The Bertz CT molecular complexity index is 1640. The smallest absolute Gasteiger partial charge is 0.338 e. The van der Waals surface area contributed by atoms with Gasteiger partial charge in [0.15, 0.2) is 4.80 Å². The number of carbonyl (C=O) groups excluding carboxylic acids is 1. The van der Waals surface area contributed by atoms with Crippen LogP contribution in [0, 0.1) is 13.8 Å². The molecule has 5 rings (SSSR count). The second-order valence-corrected chi connectivity index (χ2v) is 9.33. The number of thiazole rings is 1. The van der Waals surface area contributed by atoms with Crippen molar-refractivity contribution in [1.29, 1.82) is 0 Å². The number of allylic oxidation sites excluding steroid dienone is 1. The van der Waals surface area contributed by atoms with Gasteiger partial charge in [-0.15, -0.1) is 0 Å². The van der Waals surface area contributed by atoms with Crippen LogP contribution in [-0.2, 0) is 9.53 Å². The van der Waals surface area contributed by atoms with Crippen LogP contribution in [0.1, 0.15) is 35.5 Å². The van der Waals surface area contributed by atoms with E-state index in [9.17, 15) is 9.59 Å². The Morgan fingerprint density at radius 2 is 1.69 bits per heavy atom. The fourth-order valence-corrected chi connectivity index (χ4v) is 5.49. The lowest BCUT2D eigenvalue weighted by Gasteiger charge is -2.24. The fraction of sp³-hybridized carbons (Fsp3) is 0.185. The van der Waals surface area contributed by atoms with Gasteiger partial charge in [-0.3, -0.25) is 9.36 Å². The maximum absolute atomic E-state index is 13.7. The standard InChI is InChI=1S/C27H24N4O3S/c1-16-21(18(3)31(29-16)20-13-9-6-10-14-20)15-22-25(32)30-24(19-11-7-5-8-12-19)23(26(33)34-4)17(2)28-27(30)35-22/h5-15,24H,1-4H3/b22-15+/t24-/m1/s1. The predicted molar refractivity (Wildman–Crippen MR) is 135 cm³/mol. The molecule has 8 heteroatoms. The fourth-order valence-electron chi connectivity index (χ4n) is 4.46. The molecular formula is C27H24N4O3S. The summed E-state index contributed by atoms with van der Waals surface area (Å²) in [4.78, 5) is 31.6. The maximum atomic E-state index is 13.7. The van der Waals surface area contributed by atoms with Gasteiger partial charge in [0, 0.05) is 11.3 Å². The summed E-state index contributed by atoms with van der Waals surface area (Å²) >= 11 is 1.31. The molecule has 1 aliphatic heterocycles. The molecular weight excluding hydrogens is 460 g/mol. The molecule has 1 aliphatic rings. The number of nitrogens with zero attached hydrogens (tertiary/aromatic N) is 4. The number of fused-ring (bicyclic) bond motifs is 1. The molecule has 0 saturated heterocycles. The van der Waals surface area contributed by atoms with Crippen LogP contribution in [-0.4, -0.2) is 27.4 Å². The minimum atomic E-state index is -0.615. The first-order valence-electron chi connectivity index (χ1n) is 11.2.